The van der Waals surface area contributed by atoms with Gasteiger partial charge in [0.2, 0.25) is 5.95 Å². The summed E-state index contributed by atoms with van der Waals surface area (Å²) in [5.74, 6) is 0.394. The number of nitrogens with one attached hydrogen (secondary N) is 2. The van der Waals surface area contributed by atoms with Gasteiger partial charge in [-0.3, -0.25) is 4.79 Å². The van der Waals surface area contributed by atoms with Crippen LogP contribution in [0.15, 0.2) is 36.7 Å². The third-order valence-electron chi connectivity index (χ3n) is 4.42. The summed E-state index contributed by atoms with van der Waals surface area (Å²) < 4.78 is 0. The van der Waals surface area contributed by atoms with Crippen LogP contribution in [0.4, 0.5) is 17.3 Å². The van der Waals surface area contributed by atoms with Crippen molar-refractivity contribution in [3.8, 4) is 0 Å². The smallest absolute Gasteiger partial charge is 0.254 e. The molecule has 0 unspecified atom stereocenters. The normalized spacial score (nSPS) is 16.9. The molecular formula is C18H21N5O. The Morgan fingerprint density at radius 2 is 1.71 bits per heavy atom. The zero-order chi connectivity index (χ0) is 16.4. The maximum Gasteiger partial charge on any atom is 0.254 e. The van der Waals surface area contributed by atoms with Gasteiger partial charge in [0.25, 0.3) is 5.91 Å². The lowest BCUT2D eigenvalue weighted by atomic mass is 10.2. The van der Waals surface area contributed by atoms with Crippen LogP contribution in [0.1, 0.15) is 36.0 Å². The summed E-state index contributed by atoms with van der Waals surface area (Å²) in [6, 6.07) is 8.63. The number of anilines is 3. The molecule has 0 radical (unpaired) electrons. The third-order valence-corrected chi connectivity index (χ3v) is 4.42. The highest BCUT2D eigenvalue weighted by molar-refractivity contribution is 5.94. The lowest BCUT2D eigenvalue weighted by molar-refractivity contribution is 0.0950. The predicted molar refractivity (Wildman–Crippen MR) is 93.7 cm³/mol. The molecule has 2 fully saturated rings. The number of hydrogen-bond acceptors (Lipinski definition) is 5. The highest BCUT2D eigenvalue weighted by Crippen LogP contribution is 2.23. The zero-order valence-electron chi connectivity index (χ0n) is 13.5. The lowest BCUT2D eigenvalue weighted by Crippen LogP contribution is -2.25. The van der Waals surface area contributed by atoms with E-state index in [1.807, 2.05) is 12.1 Å². The van der Waals surface area contributed by atoms with Crippen LogP contribution < -0.4 is 15.5 Å². The molecule has 4 rings (SSSR count). The van der Waals surface area contributed by atoms with Crippen LogP contribution in [0.25, 0.3) is 0 Å². The fourth-order valence-electron chi connectivity index (χ4n) is 2.87. The highest BCUT2D eigenvalue weighted by atomic mass is 16.1. The number of hydrogen-bond donors (Lipinski definition) is 2. The van der Waals surface area contributed by atoms with Gasteiger partial charge >= 0.3 is 0 Å². The van der Waals surface area contributed by atoms with Crippen LogP contribution in [0.2, 0.25) is 0 Å². The van der Waals surface area contributed by atoms with Gasteiger partial charge in [0.15, 0.2) is 0 Å². The van der Waals surface area contributed by atoms with Crippen molar-refractivity contribution in [2.24, 2.45) is 0 Å². The molecule has 1 aliphatic carbocycles. The largest absolute Gasteiger partial charge is 0.372 e. The maximum absolute atomic E-state index is 11.9. The van der Waals surface area contributed by atoms with Crippen molar-refractivity contribution in [2.45, 2.75) is 31.7 Å². The van der Waals surface area contributed by atoms with Gasteiger partial charge in [0, 0.05) is 42.9 Å². The van der Waals surface area contributed by atoms with Crippen LogP contribution in [0.5, 0.6) is 0 Å². The first-order chi connectivity index (χ1) is 11.8. The summed E-state index contributed by atoms with van der Waals surface area (Å²) in [6.45, 7) is 2.28. The second kappa shape index (κ2) is 6.47. The molecule has 1 saturated carbocycles. The van der Waals surface area contributed by atoms with Gasteiger partial charge in [0.1, 0.15) is 0 Å². The second-order valence-electron chi connectivity index (χ2n) is 6.41. The van der Waals surface area contributed by atoms with Crippen molar-refractivity contribution in [1.29, 1.82) is 0 Å². The summed E-state index contributed by atoms with van der Waals surface area (Å²) >= 11 is 0. The number of rotatable bonds is 5. The monoisotopic (exact) mass is 323 g/mol. The Balaban J connectivity index is 1.38. The van der Waals surface area contributed by atoms with E-state index in [9.17, 15) is 4.79 Å². The molecule has 2 aliphatic rings. The Labute approximate surface area is 141 Å². The average molecular weight is 323 g/mol. The van der Waals surface area contributed by atoms with Crippen molar-refractivity contribution in [3.63, 3.8) is 0 Å². The molecule has 1 amide bonds. The van der Waals surface area contributed by atoms with E-state index in [4.69, 9.17) is 0 Å². The van der Waals surface area contributed by atoms with Gasteiger partial charge in [0.05, 0.1) is 5.56 Å². The van der Waals surface area contributed by atoms with E-state index in [1.54, 1.807) is 12.4 Å². The van der Waals surface area contributed by atoms with Crippen molar-refractivity contribution in [3.05, 3.63) is 42.2 Å². The van der Waals surface area contributed by atoms with Crippen molar-refractivity contribution < 1.29 is 4.79 Å². The molecule has 0 bridgehead atoms. The number of aromatic nitrogens is 2. The van der Waals surface area contributed by atoms with Crippen LogP contribution in [0.3, 0.4) is 0 Å². The topological polar surface area (TPSA) is 70.2 Å². The number of benzene rings is 1. The summed E-state index contributed by atoms with van der Waals surface area (Å²) in [5, 5.41) is 6.10. The van der Waals surface area contributed by atoms with Crippen LogP contribution in [-0.4, -0.2) is 35.0 Å². The first-order valence-corrected chi connectivity index (χ1v) is 8.53. The molecule has 1 aliphatic heterocycles. The summed E-state index contributed by atoms with van der Waals surface area (Å²) in [4.78, 5) is 22.8. The number of carbonyl (C=O) groups is 1. The summed E-state index contributed by atoms with van der Waals surface area (Å²) in [6.07, 6.45) is 7.81. The Morgan fingerprint density at radius 1 is 1.04 bits per heavy atom. The SMILES string of the molecule is O=C(NC1CC1)c1cnc(Nc2ccc(N3CCCC3)cc2)nc1. The molecule has 6 nitrogen and oxygen atoms in total. The molecule has 2 N–H and O–H groups in total. The van der Waals surface area contributed by atoms with Crippen molar-refractivity contribution in [1.82, 2.24) is 15.3 Å². The van der Waals surface area contributed by atoms with Crippen LogP contribution in [0, 0.1) is 0 Å². The fourth-order valence-corrected chi connectivity index (χ4v) is 2.87. The van der Waals surface area contributed by atoms with Gasteiger partial charge < -0.3 is 15.5 Å². The first-order valence-electron chi connectivity index (χ1n) is 8.53. The van der Waals surface area contributed by atoms with Crippen molar-refractivity contribution >= 4 is 23.2 Å². The Morgan fingerprint density at radius 3 is 2.33 bits per heavy atom. The Kier molecular flexibility index (Phi) is 4.02. The van der Waals surface area contributed by atoms with Gasteiger partial charge in [-0.05, 0) is 49.9 Å². The van der Waals surface area contributed by atoms with E-state index in [0.29, 0.717) is 17.6 Å². The summed E-state index contributed by atoms with van der Waals surface area (Å²) in [5.41, 5.74) is 2.69. The quantitative estimate of drug-likeness (QED) is 0.885. The molecule has 124 valence electrons. The number of carbonyl (C=O) groups excluding carboxylic acids is 1. The molecule has 0 spiro atoms. The number of amides is 1. The third kappa shape index (κ3) is 3.48. The minimum atomic E-state index is -0.0981. The lowest BCUT2D eigenvalue weighted by Gasteiger charge is -2.17. The van der Waals surface area contributed by atoms with E-state index in [1.165, 1.54) is 18.5 Å². The number of nitrogens with zero attached hydrogens (tertiary/aromatic N) is 3. The van der Waals surface area contributed by atoms with E-state index >= 15 is 0 Å². The van der Waals surface area contributed by atoms with Crippen molar-refractivity contribution in [2.75, 3.05) is 23.3 Å². The van der Waals surface area contributed by atoms with Gasteiger partial charge in [-0.1, -0.05) is 0 Å². The van der Waals surface area contributed by atoms with E-state index in [0.717, 1.165) is 31.6 Å². The second-order valence-corrected chi connectivity index (χ2v) is 6.41. The molecular weight excluding hydrogens is 302 g/mol. The molecule has 0 atom stereocenters. The molecule has 1 aromatic carbocycles. The molecule has 2 heterocycles. The minimum Gasteiger partial charge on any atom is -0.372 e. The molecule has 6 heteroatoms. The highest BCUT2D eigenvalue weighted by Gasteiger charge is 2.24. The van der Waals surface area contributed by atoms with Gasteiger partial charge in [-0.25, -0.2) is 9.97 Å². The fraction of sp³-hybridized carbons (Fsp3) is 0.389. The Bertz CT molecular complexity index is 703. The van der Waals surface area contributed by atoms with E-state index in [-0.39, 0.29) is 5.91 Å². The molecule has 1 aromatic heterocycles. The minimum absolute atomic E-state index is 0.0981. The zero-order valence-corrected chi connectivity index (χ0v) is 13.5. The predicted octanol–water partition coefficient (Wildman–Crippen LogP) is 2.71. The van der Waals surface area contributed by atoms with Crippen LogP contribution >= 0.6 is 0 Å². The summed E-state index contributed by atoms with van der Waals surface area (Å²) in [7, 11) is 0. The molecule has 24 heavy (non-hydrogen) atoms. The molecule has 2 aromatic rings. The molecule has 1 saturated heterocycles. The van der Waals surface area contributed by atoms with E-state index < -0.39 is 0 Å². The standard InChI is InChI=1S/C18H21N5O/c24-17(21-14-3-4-14)13-11-19-18(20-12-13)22-15-5-7-16(8-6-15)23-9-1-2-10-23/h5-8,11-12,14H,1-4,9-10H2,(H,21,24)(H,19,20,22). The maximum atomic E-state index is 11.9. The Hall–Kier alpha value is -2.63. The van der Waals surface area contributed by atoms with Crippen LogP contribution in [-0.2, 0) is 0 Å². The van der Waals surface area contributed by atoms with E-state index in [2.05, 4.69) is 37.6 Å². The first kappa shape index (κ1) is 14.9. The van der Waals surface area contributed by atoms with Gasteiger partial charge in [-0.15, -0.1) is 0 Å². The average Bonchev–Trinajstić information content (AvgIpc) is 3.25. The van der Waals surface area contributed by atoms with Gasteiger partial charge in [-0.2, -0.15) is 0 Å².